The highest BCUT2D eigenvalue weighted by molar-refractivity contribution is 6.31. The molecule has 2 aromatic carbocycles. The Labute approximate surface area is 208 Å². The molecule has 1 aliphatic heterocycles. The first-order valence-electron chi connectivity index (χ1n) is 10.5. The number of carbonyl (C=O) groups excluding carboxylic acids is 3. The molecular weight excluding hydrogens is 501 g/mol. The van der Waals surface area contributed by atoms with Gasteiger partial charge in [0.2, 0.25) is 0 Å². The SMILES string of the molecule is CC1(Cc2ccnc(NC(=O)c3cccc(Cl)c3)c2)NC(=O)N(c2ccc(OC(F)(F)F)cc2)C1=O. The fraction of sp³-hybridized carbons (Fsp3) is 0.167. The number of aromatic nitrogens is 1. The second kappa shape index (κ2) is 9.50. The number of ether oxygens (including phenoxy) is 1. The molecule has 36 heavy (non-hydrogen) atoms. The van der Waals surface area contributed by atoms with E-state index in [0.717, 1.165) is 17.0 Å². The number of nitrogens with zero attached hydrogens (tertiary/aromatic N) is 2. The summed E-state index contributed by atoms with van der Waals surface area (Å²) in [5.41, 5.74) is -0.339. The van der Waals surface area contributed by atoms with Crippen LogP contribution < -0.4 is 20.3 Å². The highest BCUT2D eigenvalue weighted by atomic mass is 35.5. The highest BCUT2D eigenvalue weighted by Gasteiger charge is 2.48. The number of alkyl halides is 3. The molecule has 8 nitrogen and oxygen atoms in total. The molecule has 0 aliphatic carbocycles. The number of benzene rings is 2. The minimum absolute atomic E-state index is 0.0614. The summed E-state index contributed by atoms with van der Waals surface area (Å²) in [4.78, 5) is 43.2. The fourth-order valence-corrected chi connectivity index (χ4v) is 3.90. The molecule has 1 saturated heterocycles. The molecule has 1 fully saturated rings. The van der Waals surface area contributed by atoms with Crippen LogP contribution in [0.1, 0.15) is 22.8 Å². The molecule has 12 heteroatoms. The minimum Gasteiger partial charge on any atom is -0.406 e. The Kier molecular flexibility index (Phi) is 6.59. The maximum atomic E-state index is 13.2. The number of halogens is 4. The summed E-state index contributed by atoms with van der Waals surface area (Å²) in [5, 5.41) is 5.68. The molecule has 186 valence electrons. The van der Waals surface area contributed by atoms with E-state index in [1.54, 1.807) is 30.3 Å². The lowest BCUT2D eigenvalue weighted by Crippen LogP contribution is -2.46. The maximum absolute atomic E-state index is 13.2. The smallest absolute Gasteiger partial charge is 0.406 e. The predicted octanol–water partition coefficient (Wildman–Crippen LogP) is 4.94. The number of pyridine rings is 1. The molecule has 1 aliphatic rings. The number of carbonyl (C=O) groups is 3. The molecule has 3 aromatic rings. The lowest BCUT2D eigenvalue weighted by molar-refractivity contribution is -0.274. The van der Waals surface area contributed by atoms with E-state index < -0.39 is 35.5 Å². The maximum Gasteiger partial charge on any atom is 0.573 e. The van der Waals surface area contributed by atoms with Crippen molar-refractivity contribution in [2.24, 2.45) is 0 Å². The van der Waals surface area contributed by atoms with E-state index in [2.05, 4.69) is 20.4 Å². The Morgan fingerprint density at radius 2 is 1.86 bits per heavy atom. The predicted molar refractivity (Wildman–Crippen MR) is 125 cm³/mol. The number of hydrogen-bond acceptors (Lipinski definition) is 5. The van der Waals surface area contributed by atoms with E-state index in [4.69, 9.17) is 11.6 Å². The number of imide groups is 1. The van der Waals surface area contributed by atoms with Gasteiger partial charge in [-0.1, -0.05) is 17.7 Å². The van der Waals surface area contributed by atoms with Gasteiger partial charge in [0.1, 0.15) is 17.1 Å². The van der Waals surface area contributed by atoms with Crippen molar-refractivity contribution in [3.63, 3.8) is 0 Å². The van der Waals surface area contributed by atoms with Gasteiger partial charge in [0.05, 0.1) is 5.69 Å². The number of urea groups is 1. The zero-order valence-corrected chi connectivity index (χ0v) is 19.4. The molecule has 1 atom stereocenters. The van der Waals surface area contributed by atoms with Crippen LogP contribution in [0, 0.1) is 0 Å². The van der Waals surface area contributed by atoms with Crippen LogP contribution in [0.15, 0.2) is 66.9 Å². The van der Waals surface area contributed by atoms with Crippen LogP contribution in [-0.2, 0) is 11.2 Å². The van der Waals surface area contributed by atoms with E-state index in [1.165, 1.54) is 31.3 Å². The topological polar surface area (TPSA) is 101 Å². The van der Waals surface area contributed by atoms with Crippen LogP contribution >= 0.6 is 11.6 Å². The van der Waals surface area contributed by atoms with Crippen LogP contribution in [-0.4, -0.2) is 34.7 Å². The number of hydrogen-bond donors (Lipinski definition) is 2. The van der Waals surface area contributed by atoms with E-state index >= 15 is 0 Å². The Morgan fingerprint density at radius 3 is 2.53 bits per heavy atom. The molecule has 2 N–H and O–H groups in total. The molecule has 2 heterocycles. The van der Waals surface area contributed by atoms with Crippen LogP contribution in [0.2, 0.25) is 5.02 Å². The van der Waals surface area contributed by atoms with Crippen molar-refractivity contribution in [1.29, 1.82) is 0 Å². The molecule has 4 amide bonds. The average molecular weight is 519 g/mol. The van der Waals surface area contributed by atoms with Gasteiger partial charge in [-0.3, -0.25) is 9.59 Å². The minimum atomic E-state index is -4.86. The van der Waals surface area contributed by atoms with Crippen molar-refractivity contribution in [3.05, 3.63) is 83.0 Å². The first kappa shape index (κ1) is 25.0. The van der Waals surface area contributed by atoms with Gasteiger partial charge in [-0.05, 0) is 67.1 Å². The second-order valence-corrected chi connectivity index (χ2v) is 8.57. The second-order valence-electron chi connectivity index (χ2n) is 8.14. The first-order chi connectivity index (χ1) is 16.9. The third-order valence-electron chi connectivity index (χ3n) is 5.30. The van der Waals surface area contributed by atoms with Gasteiger partial charge >= 0.3 is 12.4 Å². The van der Waals surface area contributed by atoms with Crippen LogP contribution in [0.25, 0.3) is 0 Å². The largest absolute Gasteiger partial charge is 0.573 e. The van der Waals surface area contributed by atoms with Gasteiger partial charge in [0.25, 0.3) is 11.8 Å². The summed E-state index contributed by atoms with van der Waals surface area (Å²) in [7, 11) is 0. The summed E-state index contributed by atoms with van der Waals surface area (Å²) in [6, 6.07) is 13.2. The number of rotatable bonds is 6. The molecule has 0 radical (unpaired) electrons. The monoisotopic (exact) mass is 518 g/mol. The quantitative estimate of drug-likeness (QED) is 0.450. The Morgan fingerprint density at radius 1 is 1.14 bits per heavy atom. The Hall–Kier alpha value is -4.12. The molecule has 4 rings (SSSR count). The molecule has 1 unspecified atom stereocenters. The van der Waals surface area contributed by atoms with Crippen molar-refractivity contribution < 1.29 is 32.3 Å². The Balaban J connectivity index is 1.48. The lowest BCUT2D eigenvalue weighted by atomic mass is 9.93. The van der Waals surface area contributed by atoms with Gasteiger partial charge in [0.15, 0.2) is 0 Å². The zero-order valence-electron chi connectivity index (χ0n) is 18.6. The van der Waals surface area contributed by atoms with E-state index in [-0.39, 0.29) is 17.9 Å². The number of amides is 4. The van der Waals surface area contributed by atoms with E-state index in [0.29, 0.717) is 16.1 Å². The Bertz CT molecular complexity index is 1330. The van der Waals surface area contributed by atoms with Gasteiger partial charge in [-0.2, -0.15) is 0 Å². The lowest BCUT2D eigenvalue weighted by Gasteiger charge is -2.22. The molecule has 1 aromatic heterocycles. The first-order valence-corrected chi connectivity index (χ1v) is 10.9. The molecule has 0 saturated carbocycles. The third kappa shape index (κ3) is 5.57. The third-order valence-corrected chi connectivity index (χ3v) is 5.54. The van der Waals surface area contributed by atoms with Crippen molar-refractivity contribution >= 4 is 41.0 Å². The highest BCUT2D eigenvalue weighted by Crippen LogP contribution is 2.30. The van der Waals surface area contributed by atoms with Gasteiger partial charge < -0.3 is 15.4 Å². The molecule has 0 bridgehead atoms. The normalized spacial score (nSPS) is 17.6. The van der Waals surface area contributed by atoms with Crippen molar-refractivity contribution in [2.75, 3.05) is 10.2 Å². The van der Waals surface area contributed by atoms with Gasteiger partial charge in [-0.25, -0.2) is 14.7 Å². The molecule has 0 spiro atoms. The zero-order chi connectivity index (χ0) is 26.1. The van der Waals surface area contributed by atoms with Gasteiger partial charge in [0, 0.05) is 23.2 Å². The van der Waals surface area contributed by atoms with Crippen molar-refractivity contribution in [1.82, 2.24) is 10.3 Å². The summed E-state index contributed by atoms with van der Waals surface area (Å²) in [6.07, 6.45) is -3.35. The summed E-state index contributed by atoms with van der Waals surface area (Å²) >= 11 is 5.92. The van der Waals surface area contributed by atoms with Crippen molar-refractivity contribution in [3.8, 4) is 5.75 Å². The summed E-state index contributed by atoms with van der Waals surface area (Å²) in [6.45, 7) is 1.53. The van der Waals surface area contributed by atoms with Crippen LogP contribution in [0.4, 0.5) is 29.5 Å². The van der Waals surface area contributed by atoms with Crippen LogP contribution in [0.5, 0.6) is 5.75 Å². The van der Waals surface area contributed by atoms with E-state index in [9.17, 15) is 27.6 Å². The summed E-state index contributed by atoms with van der Waals surface area (Å²) < 4.78 is 41.0. The number of anilines is 2. The number of nitrogens with one attached hydrogen (secondary N) is 2. The van der Waals surface area contributed by atoms with Crippen molar-refractivity contribution in [2.45, 2.75) is 25.2 Å². The van der Waals surface area contributed by atoms with Gasteiger partial charge in [-0.15, -0.1) is 13.2 Å². The average Bonchev–Trinajstić information content (AvgIpc) is 3.01. The molecular formula is C24H18ClF3N4O4. The standard InChI is InChI=1S/C24H18ClF3N4O4/c1-23(13-14-9-10-29-19(11-14)30-20(33)15-3-2-4-16(25)12-15)21(34)32(22(35)31-23)17-5-7-18(8-6-17)36-24(26,27)28/h2-12H,13H2,1H3,(H,31,35)(H,29,30,33). The fourth-order valence-electron chi connectivity index (χ4n) is 3.71. The van der Waals surface area contributed by atoms with Crippen LogP contribution in [0.3, 0.4) is 0 Å². The summed E-state index contributed by atoms with van der Waals surface area (Å²) in [5.74, 6) is -1.28. The van der Waals surface area contributed by atoms with E-state index in [1.807, 2.05) is 0 Å².